The van der Waals surface area contributed by atoms with Crippen molar-refractivity contribution in [2.24, 2.45) is 0 Å². The Morgan fingerprint density at radius 2 is 2.10 bits per heavy atom. The molecule has 3 rings (SSSR count). The Balaban J connectivity index is 0.00000161. The Morgan fingerprint density at radius 3 is 2.76 bits per heavy atom. The zero-order chi connectivity index (χ0) is 14.3. The Hall–Kier alpha value is -1.75. The molecule has 0 aromatic heterocycles. The number of carbonyl (C=O) groups is 2. The van der Waals surface area contributed by atoms with E-state index in [9.17, 15) is 9.59 Å². The molecule has 21 heavy (non-hydrogen) atoms. The summed E-state index contributed by atoms with van der Waals surface area (Å²) in [6.45, 7) is 2.52. The molecule has 1 unspecified atom stereocenters. The summed E-state index contributed by atoms with van der Waals surface area (Å²) < 4.78 is 0. The lowest BCUT2D eigenvalue weighted by Gasteiger charge is -2.16. The summed E-state index contributed by atoms with van der Waals surface area (Å²) in [6.07, 6.45) is 2.60. The van der Waals surface area contributed by atoms with Crippen molar-refractivity contribution in [3.63, 3.8) is 0 Å². The molecule has 0 spiro atoms. The minimum absolute atomic E-state index is 0. The van der Waals surface area contributed by atoms with Crippen molar-refractivity contribution in [1.82, 2.24) is 10.2 Å². The van der Waals surface area contributed by atoms with Crippen molar-refractivity contribution in [2.45, 2.75) is 38.3 Å². The van der Waals surface area contributed by atoms with E-state index in [2.05, 4.69) is 5.32 Å². The van der Waals surface area contributed by atoms with Crippen molar-refractivity contribution in [1.29, 1.82) is 0 Å². The highest BCUT2D eigenvalue weighted by Gasteiger charge is 2.39. The third-order valence-corrected chi connectivity index (χ3v) is 3.99. The largest absolute Gasteiger partial charge is 0.399 e. The van der Waals surface area contributed by atoms with Gasteiger partial charge in [0.25, 0.3) is 5.91 Å². The van der Waals surface area contributed by atoms with E-state index in [1.54, 1.807) is 12.1 Å². The minimum Gasteiger partial charge on any atom is -0.399 e. The van der Waals surface area contributed by atoms with Gasteiger partial charge in [-0.15, -0.1) is 12.4 Å². The standard InChI is InChI=1S/C15H19N3O2.ClH/c1-9-2-3-10(16)6-13(9)15(20)17-11-7-14(19)18(8-11)12-4-5-12;/h2-3,6,11-12H,4-5,7-8,16H2,1H3,(H,17,20);1H. The number of hydrogen-bond acceptors (Lipinski definition) is 3. The second-order valence-corrected chi connectivity index (χ2v) is 5.73. The first-order valence-electron chi connectivity index (χ1n) is 7.01. The molecule has 2 amide bonds. The molecule has 1 aliphatic heterocycles. The van der Waals surface area contributed by atoms with Crippen LogP contribution in [0.1, 0.15) is 35.2 Å². The van der Waals surface area contributed by atoms with Crippen LogP contribution in [-0.4, -0.2) is 35.3 Å². The number of likely N-dealkylation sites (tertiary alicyclic amines) is 1. The summed E-state index contributed by atoms with van der Waals surface area (Å²) >= 11 is 0. The molecule has 5 nitrogen and oxygen atoms in total. The van der Waals surface area contributed by atoms with Gasteiger partial charge in [0.05, 0.1) is 6.04 Å². The number of nitrogen functional groups attached to an aromatic ring is 1. The van der Waals surface area contributed by atoms with Crippen LogP contribution in [0.25, 0.3) is 0 Å². The van der Waals surface area contributed by atoms with Gasteiger partial charge in [-0.25, -0.2) is 0 Å². The lowest BCUT2D eigenvalue weighted by atomic mass is 10.1. The van der Waals surface area contributed by atoms with Gasteiger partial charge in [-0.3, -0.25) is 9.59 Å². The highest BCUT2D eigenvalue weighted by molar-refractivity contribution is 5.97. The molecule has 2 fully saturated rings. The lowest BCUT2D eigenvalue weighted by molar-refractivity contribution is -0.128. The zero-order valence-corrected chi connectivity index (χ0v) is 12.8. The van der Waals surface area contributed by atoms with Crippen LogP contribution in [0, 0.1) is 6.92 Å². The molecule has 1 aromatic carbocycles. The molecule has 1 aromatic rings. The smallest absolute Gasteiger partial charge is 0.251 e. The molecule has 6 heteroatoms. The van der Waals surface area contributed by atoms with Gasteiger partial charge in [0.2, 0.25) is 5.91 Å². The Bertz CT molecular complexity index is 572. The number of benzene rings is 1. The number of nitrogens with zero attached hydrogens (tertiary/aromatic N) is 1. The van der Waals surface area contributed by atoms with Crippen LogP contribution in [0.4, 0.5) is 5.69 Å². The number of amides is 2. The van der Waals surface area contributed by atoms with Crippen LogP contribution in [0.15, 0.2) is 18.2 Å². The van der Waals surface area contributed by atoms with Gasteiger partial charge in [0, 0.05) is 30.3 Å². The van der Waals surface area contributed by atoms with E-state index in [1.165, 1.54) is 0 Å². The first kappa shape index (κ1) is 15.6. The van der Waals surface area contributed by atoms with Gasteiger partial charge in [0.15, 0.2) is 0 Å². The number of carbonyl (C=O) groups excluding carboxylic acids is 2. The van der Waals surface area contributed by atoms with Gasteiger partial charge in [-0.2, -0.15) is 0 Å². The van der Waals surface area contributed by atoms with Crippen LogP contribution in [0.5, 0.6) is 0 Å². The van der Waals surface area contributed by atoms with Gasteiger partial charge in [-0.05, 0) is 37.5 Å². The first-order chi connectivity index (χ1) is 9.54. The van der Waals surface area contributed by atoms with Crippen LogP contribution in [0.3, 0.4) is 0 Å². The summed E-state index contributed by atoms with van der Waals surface area (Å²) in [4.78, 5) is 26.0. The SMILES string of the molecule is Cc1ccc(N)cc1C(=O)NC1CC(=O)N(C2CC2)C1.Cl. The molecule has 0 bridgehead atoms. The van der Waals surface area contributed by atoms with Gasteiger partial charge >= 0.3 is 0 Å². The molecule has 2 aliphatic rings. The highest BCUT2D eigenvalue weighted by Crippen LogP contribution is 2.30. The number of anilines is 1. The average Bonchev–Trinajstić information content (AvgIpc) is 3.17. The normalized spacial score (nSPS) is 21.1. The van der Waals surface area contributed by atoms with Crippen LogP contribution < -0.4 is 11.1 Å². The van der Waals surface area contributed by atoms with Crippen LogP contribution in [-0.2, 0) is 4.79 Å². The van der Waals surface area contributed by atoms with E-state index >= 15 is 0 Å². The van der Waals surface area contributed by atoms with Crippen molar-refractivity contribution >= 4 is 29.9 Å². The third-order valence-electron chi connectivity index (χ3n) is 3.99. The maximum atomic E-state index is 12.3. The minimum atomic E-state index is -0.148. The van der Waals surface area contributed by atoms with Gasteiger partial charge in [0.1, 0.15) is 0 Å². The molecule has 1 heterocycles. The van der Waals surface area contributed by atoms with Crippen molar-refractivity contribution in [3.8, 4) is 0 Å². The van der Waals surface area contributed by atoms with Gasteiger partial charge < -0.3 is 16.0 Å². The molecule has 1 atom stereocenters. The summed E-state index contributed by atoms with van der Waals surface area (Å²) in [5.41, 5.74) is 7.77. The van der Waals surface area contributed by atoms with Crippen LogP contribution in [0.2, 0.25) is 0 Å². The number of nitrogens with one attached hydrogen (secondary N) is 1. The highest BCUT2D eigenvalue weighted by atomic mass is 35.5. The Morgan fingerprint density at radius 1 is 1.38 bits per heavy atom. The van der Waals surface area contributed by atoms with Crippen molar-refractivity contribution in [3.05, 3.63) is 29.3 Å². The summed E-state index contributed by atoms with van der Waals surface area (Å²) in [5.74, 6) is 0.00680. The fraction of sp³-hybridized carbons (Fsp3) is 0.467. The summed E-state index contributed by atoms with van der Waals surface area (Å²) in [6, 6.07) is 5.62. The maximum absolute atomic E-state index is 12.3. The molecule has 1 saturated heterocycles. The van der Waals surface area contributed by atoms with E-state index < -0.39 is 0 Å². The predicted octanol–water partition coefficient (Wildman–Crippen LogP) is 1.49. The van der Waals surface area contributed by atoms with Crippen molar-refractivity contribution in [2.75, 3.05) is 12.3 Å². The fourth-order valence-electron chi connectivity index (χ4n) is 2.71. The molecular formula is C15H20ClN3O2. The maximum Gasteiger partial charge on any atom is 0.251 e. The van der Waals surface area contributed by atoms with E-state index in [1.807, 2.05) is 17.9 Å². The number of rotatable bonds is 3. The second-order valence-electron chi connectivity index (χ2n) is 5.73. The second kappa shape index (κ2) is 5.93. The molecule has 1 saturated carbocycles. The lowest BCUT2D eigenvalue weighted by Crippen LogP contribution is -2.37. The third kappa shape index (κ3) is 3.29. The van der Waals surface area contributed by atoms with E-state index in [0.29, 0.717) is 30.3 Å². The van der Waals surface area contributed by atoms with Gasteiger partial charge in [-0.1, -0.05) is 6.07 Å². The topological polar surface area (TPSA) is 75.4 Å². The summed E-state index contributed by atoms with van der Waals surface area (Å²) in [7, 11) is 0. The molecule has 1 aliphatic carbocycles. The summed E-state index contributed by atoms with van der Waals surface area (Å²) in [5, 5.41) is 2.95. The Kier molecular flexibility index (Phi) is 4.42. The zero-order valence-electron chi connectivity index (χ0n) is 12.0. The number of nitrogens with two attached hydrogens (primary N) is 1. The molecule has 0 radical (unpaired) electrons. The number of aryl methyl sites for hydroxylation is 1. The average molecular weight is 310 g/mol. The van der Waals surface area contributed by atoms with Crippen molar-refractivity contribution < 1.29 is 9.59 Å². The predicted molar refractivity (Wildman–Crippen MR) is 83.4 cm³/mol. The first-order valence-corrected chi connectivity index (χ1v) is 7.01. The van der Waals surface area contributed by atoms with E-state index in [4.69, 9.17) is 5.73 Å². The van der Waals surface area contributed by atoms with Crippen LogP contribution >= 0.6 is 12.4 Å². The fourth-order valence-corrected chi connectivity index (χ4v) is 2.71. The number of halogens is 1. The monoisotopic (exact) mass is 309 g/mol. The Labute approximate surface area is 130 Å². The molecular weight excluding hydrogens is 290 g/mol. The number of hydrogen-bond donors (Lipinski definition) is 2. The van der Waals surface area contributed by atoms with E-state index in [0.717, 1.165) is 18.4 Å². The molecule has 114 valence electrons. The quantitative estimate of drug-likeness (QED) is 0.831. The van der Waals surface area contributed by atoms with E-state index in [-0.39, 0.29) is 30.3 Å². The molecule has 3 N–H and O–H groups in total.